The van der Waals surface area contributed by atoms with Gasteiger partial charge in [0.2, 0.25) is 0 Å². The summed E-state index contributed by atoms with van der Waals surface area (Å²) in [5.41, 5.74) is 0.895. The van der Waals surface area contributed by atoms with Gasteiger partial charge in [-0.15, -0.1) is 0 Å². The predicted octanol–water partition coefficient (Wildman–Crippen LogP) is 1.54. The first kappa shape index (κ1) is 15.9. The van der Waals surface area contributed by atoms with Crippen molar-refractivity contribution >= 4 is 22.8 Å². The smallest absolute Gasteiger partial charge is 0.357 e. The van der Waals surface area contributed by atoms with Gasteiger partial charge in [0, 0.05) is 25.6 Å². The molecule has 0 aliphatic heterocycles. The number of hydrogen-bond acceptors (Lipinski definition) is 5. The van der Waals surface area contributed by atoms with Crippen LogP contribution in [0.3, 0.4) is 0 Å². The van der Waals surface area contributed by atoms with E-state index in [9.17, 15) is 9.59 Å². The van der Waals surface area contributed by atoms with E-state index in [2.05, 4.69) is 10.3 Å². The summed E-state index contributed by atoms with van der Waals surface area (Å²) in [6.07, 6.45) is 0.711. The molecule has 1 heterocycles. The molecule has 0 radical (unpaired) electrons. The van der Waals surface area contributed by atoms with Gasteiger partial charge in [0.05, 0.1) is 5.52 Å². The van der Waals surface area contributed by atoms with Gasteiger partial charge in [-0.1, -0.05) is 24.3 Å². The van der Waals surface area contributed by atoms with Crippen LogP contribution in [0.1, 0.15) is 16.9 Å². The van der Waals surface area contributed by atoms with Gasteiger partial charge in [-0.05, 0) is 18.6 Å². The lowest BCUT2D eigenvalue weighted by molar-refractivity contribution is -0.124. The molecule has 0 fully saturated rings. The van der Waals surface area contributed by atoms with Crippen LogP contribution in [-0.2, 0) is 14.3 Å². The first-order valence-electron chi connectivity index (χ1n) is 6.99. The lowest BCUT2D eigenvalue weighted by atomic mass is 10.2. The van der Waals surface area contributed by atoms with Crippen molar-refractivity contribution < 1.29 is 19.1 Å². The molecule has 1 N–H and O–H groups in total. The second-order valence-corrected chi connectivity index (χ2v) is 4.66. The Morgan fingerprint density at radius 3 is 2.82 bits per heavy atom. The van der Waals surface area contributed by atoms with Crippen LogP contribution in [0.4, 0.5) is 0 Å². The van der Waals surface area contributed by atoms with Gasteiger partial charge in [-0.3, -0.25) is 4.79 Å². The standard InChI is InChI=1S/C16H18N2O4/c1-21-10-4-9-17-15(19)11-22-16(20)14-8-7-12-5-2-3-6-13(12)18-14/h2-3,5-8H,4,9-11H2,1H3,(H,17,19). The number of para-hydroxylation sites is 1. The molecule has 0 aliphatic carbocycles. The van der Waals surface area contributed by atoms with Crippen molar-refractivity contribution in [2.24, 2.45) is 0 Å². The quantitative estimate of drug-likeness (QED) is 0.620. The zero-order valence-electron chi connectivity index (χ0n) is 12.4. The zero-order chi connectivity index (χ0) is 15.8. The minimum absolute atomic E-state index is 0.186. The van der Waals surface area contributed by atoms with Crippen LogP contribution in [0.25, 0.3) is 10.9 Å². The first-order valence-corrected chi connectivity index (χ1v) is 6.99. The van der Waals surface area contributed by atoms with E-state index >= 15 is 0 Å². The average Bonchev–Trinajstić information content (AvgIpc) is 2.56. The number of carbonyl (C=O) groups excluding carboxylic acids is 2. The predicted molar refractivity (Wildman–Crippen MR) is 81.5 cm³/mol. The fourth-order valence-corrected chi connectivity index (χ4v) is 1.88. The highest BCUT2D eigenvalue weighted by Gasteiger charge is 2.11. The highest BCUT2D eigenvalue weighted by Crippen LogP contribution is 2.12. The van der Waals surface area contributed by atoms with Gasteiger partial charge in [-0.2, -0.15) is 0 Å². The third-order valence-corrected chi connectivity index (χ3v) is 2.99. The Kier molecular flexibility index (Phi) is 5.85. The number of ether oxygens (including phenoxy) is 2. The number of aromatic nitrogens is 1. The Morgan fingerprint density at radius 2 is 2.00 bits per heavy atom. The molecule has 0 atom stereocenters. The molecule has 0 unspecified atom stereocenters. The molecule has 1 amide bonds. The Balaban J connectivity index is 1.84. The van der Waals surface area contributed by atoms with Crippen molar-refractivity contribution in [2.75, 3.05) is 26.9 Å². The molecule has 6 nitrogen and oxygen atoms in total. The molecule has 1 aromatic carbocycles. The van der Waals surface area contributed by atoms with Crippen LogP contribution in [0.5, 0.6) is 0 Å². The number of carbonyl (C=O) groups is 2. The van der Waals surface area contributed by atoms with E-state index in [0.717, 1.165) is 5.39 Å². The van der Waals surface area contributed by atoms with Crippen LogP contribution in [0, 0.1) is 0 Å². The Hall–Kier alpha value is -2.47. The van der Waals surface area contributed by atoms with Crippen LogP contribution in [0.15, 0.2) is 36.4 Å². The van der Waals surface area contributed by atoms with Gasteiger partial charge < -0.3 is 14.8 Å². The van der Waals surface area contributed by atoms with Gasteiger partial charge in [0.15, 0.2) is 6.61 Å². The summed E-state index contributed by atoms with van der Waals surface area (Å²) in [7, 11) is 1.60. The Labute approximate surface area is 128 Å². The first-order chi connectivity index (χ1) is 10.7. The number of hydrogen-bond donors (Lipinski definition) is 1. The molecule has 1 aromatic heterocycles. The molecule has 0 spiro atoms. The number of pyridine rings is 1. The van der Waals surface area contributed by atoms with Gasteiger partial charge >= 0.3 is 5.97 Å². The summed E-state index contributed by atoms with van der Waals surface area (Å²) >= 11 is 0. The normalized spacial score (nSPS) is 10.4. The van der Waals surface area contributed by atoms with Crippen molar-refractivity contribution in [3.05, 3.63) is 42.1 Å². The lowest BCUT2D eigenvalue weighted by Gasteiger charge is -2.06. The number of nitrogens with one attached hydrogen (secondary N) is 1. The number of methoxy groups -OCH3 is 1. The molecular formula is C16H18N2O4. The van der Waals surface area contributed by atoms with Gasteiger partial charge in [-0.25, -0.2) is 9.78 Å². The maximum atomic E-state index is 11.9. The van der Waals surface area contributed by atoms with E-state index in [0.29, 0.717) is 25.1 Å². The molecule has 2 rings (SSSR count). The fourth-order valence-electron chi connectivity index (χ4n) is 1.88. The third-order valence-electron chi connectivity index (χ3n) is 2.99. The largest absolute Gasteiger partial charge is 0.451 e. The van der Waals surface area contributed by atoms with Crippen molar-refractivity contribution in [3.63, 3.8) is 0 Å². The Morgan fingerprint density at radius 1 is 1.18 bits per heavy atom. The van der Waals surface area contributed by atoms with Crippen molar-refractivity contribution in [2.45, 2.75) is 6.42 Å². The number of benzene rings is 1. The van der Waals surface area contributed by atoms with Crippen LogP contribution >= 0.6 is 0 Å². The summed E-state index contributed by atoms with van der Waals surface area (Å²) < 4.78 is 9.82. The van der Waals surface area contributed by atoms with E-state index < -0.39 is 5.97 Å². The number of fused-ring (bicyclic) bond motifs is 1. The van der Waals surface area contributed by atoms with Crippen LogP contribution in [0.2, 0.25) is 0 Å². The minimum Gasteiger partial charge on any atom is -0.451 e. The summed E-state index contributed by atoms with van der Waals surface area (Å²) in [6, 6.07) is 10.8. The van der Waals surface area contributed by atoms with Crippen molar-refractivity contribution in [3.8, 4) is 0 Å². The maximum Gasteiger partial charge on any atom is 0.357 e. The molecule has 0 aliphatic rings. The maximum absolute atomic E-state index is 11.9. The highest BCUT2D eigenvalue weighted by atomic mass is 16.5. The molecule has 22 heavy (non-hydrogen) atoms. The number of nitrogens with zero attached hydrogens (tertiary/aromatic N) is 1. The molecule has 0 saturated carbocycles. The molecule has 0 bridgehead atoms. The van der Waals surface area contributed by atoms with E-state index in [1.165, 1.54) is 0 Å². The van der Waals surface area contributed by atoms with E-state index in [1.54, 1.807) is 19.2 Å². The molecular weight excluding hydrogens is 284 g/mol. The summed E-state index contributed by atoms with van der Waals surface area (Å²) in [4.78, 5) is 27.6. The SMILES string of the molecule is COCCCNC(=O)COC(=O)c1ccc2ccccc2n1. The second-order valence-electron chi connectivity index (χ2n) is 4.66. The number of amides is 1. The summed E-state index contributed by atoms with van der Waals surface area (Å²) in [5.74, 6) is -0.956. The molecule has 2 aromatic rings. The monoisotopic (exact) mass is 302 g/mol. The molecule has 116 valence electrons. The van der Waals surface area contributed by atoms with E-state index in [-0.39, 0.29) is 18.2 Å². The summed E-state index contributed by atoms with van der Waals surface area (Å²) in [6.45, 7) is 0.736. The second kappa shape index (κ2) is 8.09. The Bertz CT molecular complexity index is 657. The van der Waals surface area contributed by atoms with E-state index in [4.69, 9.17) is 9.47 Å². The van der Waals surface area contributed by atoms with Crippen LogP contribution < -0.4 is 5.32 Å². The molecule has 6 heteroatoms. The van der Waals surface area contributed by atoms with Gasteiger partial charge in [0.1, 0.15) is 5.69 Å². The van der Waals surface area contributed by atoms with Gasteiger partial charge in [0.25, 0.3) is 5.91 Å². The lowest BCUT2D eigenvalue weighted by Crippen LogP contribution is -2.30. The highest BCUT2D eigenvalue weighted by molar-refractivity contribution is 5.92. The minimum atomic E-state index is -0.613. The van der Waals surface area contributed by atoms with E-state index in [1.807, 2.05) is 24.3 Å². The molecule has 0 saturated heterocycles. The summed E-state index contributed by atoms with van der Waals surface area (Å²) in [5, 5.41) is 3.58. The third kappa shape index (κ3) is 4.53. The van der Waals surface area contributed by atoms with Crippen molar-refractivity contribution in [1.82, 2.24) is 10.3 Å². The average molecular weight is 302 g/mol. The zero-order valence-corrected chi connectivity index (χ0v) is 12.4. The number of esters is 1. The topological polar surface area (TPSA) is 77.5 Å². The van der Waals surface area contributed by atoms with Crippen molar-refractivity contribution in [1.29, 1.82) is 0 Å². The van der Waals surface area contributed by atoms with Crippen LogP contribution in [-0.4, -0.2) is 43.7 Å². The fraction of sp³-hybridized carbons (Fsp3) is 0.312. The number of rotatable bonds is 7.